The molecule has 3 aromatic rings. The maximum atomic E-state index is 14.0. The zero-order valence-electron chi connectivity index (χ0n) is 16.1. The van der Waals surface area contributed by atoms with Gasteiger partial charge in [-0.05, 0) is 42.0 Å². The van der Waals surface area contributed by atoms with E-state index in [1.165, 1.54) is 7.11 Å². The Morgan fingerprint density at radius 2 is 1.59 bits per heavy atom. The standard InChI is InChI=1S/C21H20F2N2O3S/c1-25(2)19-10-9-14(11-20(19)28-3)16-12-17(22)18(23)13-21(16)29(26,27)24-15-7-5-4-6-8-15/h4-13,24H,1-3H3. The van der Waals surface area contributed by atoms with Crippen LogP contribution < -0.4 is 14.4 Å². The van der Waals surface area contributed by atoms with Crippen molar-refractivity contribution in [3.63, 3.8) is 0 Å². The van der Waals surface area contributed by atoms with Crippen LogP contribution in [0, 0.1) is 11.6 Å². The minimum atomic E-state index is -4.19. The van der Waals surface area contributed by atoms with E-state index >= 15 is 0 Å². The molecular formula is C21H20F2N2O3S. The fourth-order valence-corrected chi connectivity index (χ4v) is 4.19. The number of nitrogens with zero attached hydrogens (tertiary/aromatic N) is 1. The molecule has 5 nitrogen and oxygen atoms in total. The molecule has 0 aromatic heterocycles. The molecule has 0 aliphatic heterocycles. The highest BCUT2D eigenvalue weighted by molar-refractivity contribution is 7.92. The van der Waals surface area contributed by atoms with E-state index in [1.54, 1.807) is 48.5 Å². The third kappa shape index (κ3) is 4.32. The first-order chi connectivity index (χ1) is 13.7. The summed E-state index contributed by atoms with van der Waals surface area (Å²) in [6.07, 6.45) is 0. The summed E-state index contributed by atoms with van der Waals surface area (Å²) in [7, 11) is 0.949. The molecule has 0 saturated carbocycles. The Morgan fingerprint density at radius 1 is 0.931 bits per heavy atom. The zero-order chi connectivity index (χ0) is 21.2. The number of methoxy groups -OCH3 is 1. The SMILES string of the molecule is COc1cc(-c2cc(F)c(F)cc2S(=O)(=O)Nc2ccccc2)ccc1N(C)C. The van der Waals surface area contributed by atoms with Gasteiger partial charge in [0.2, 0.25) is 0 Å². The van der Waals surface area contributed by atoms with Crippen LogP contribution in [0.4, 0.5) is 20.2 Å². The van der Waals surface area contributed by atoms with Crippen LogP contribution in [0.1, 0.15) is 0 Å². The molecule has 0 amide bonds. The third-order valence-electron chi connectivity index (χ3n) is 4.31. The quantitative estimate of drug-likeness (QED) is 0.640. The molecule has 0 aliphatic rings. The second-order valence-corrected chi connectivity index (χ2v) is 8.17. The van der Waals surface area contributed by atoms with E-state index in [0.29, 0.717) is 23.1 Å². The molecular weight excluding hydrogens is 398 g/mol. The van der Waals surface area contributed by atoms with E-state index in [2.05, 4.69) is 4.72 Å². The van der Waals surface area contributed by atoms with Crippen molar-refractivity contribution in [2.45, 2.75) is 4.90 Å². The first-order valence-electron chi connectivity index (χ1n) is 8.65. The van der Waals surface area contributed by atoms with Crippen molar-refractivity contribution >= 4 is 21.4 Å². The highest BCUT2D eigenvalue weighted by Crippen LogP contribution is 2.36. The number of anilines is 2. The Balaban J connectivity index is 2.17. The molecule has 8 heteroatoms. The second kappa shape index (κ2) is 8.08. The third-order valence-corrected chi connectivity index (χ3v) is 5.73. The zero-order valence-corrected chi connectivity index (χ0v) is 16.9. The molecule has 152 valence electrons. The van der Waals surface area contributed by atoms with Crippen LogP contribution in [0.3, 0.4) is 0 Å². The van der Waals surface area contributed by atoms with Crippen molar-refractivity contribution in [3.8, 4) is 16.9 Å². The lowest BCUT2D eigenvalue weighted by Gasteiger charge is -2.18. The summed E-state index contributed by atoms with van der Waals surface area (Å²) < 4.78 is 61.6. The summed E-state index contributed by atoms with van der Waals surface area (Å²) in [6, 6.07) is 14.7. The van der Waals surface area contributed by atoms with Crippen molar-refractivity contribution in [2.75, 3.05) is 30.8 Å². The lowest BCUT2D eigenvalue weighted by atomic mass is 10.0. The Kier molecular flexibility index (Phi) is 5.74. The average molecular weight is 418 g/mol. The molecule has 0 spiro atoms. The van der Waals surface area contributed by atoms with E-state index in [9.17, 15) is 17.2 Å². The van der Waals surface area contributed by atoms with Gasteiger partial charge in [-0.1, -0.05) is 24.3 Å². The number of sulfonamides is 1. The van der Waals surface area contributed by atoms with Gasteiger partial charge in [0.15, 0.2) is 11.6 Å². The highest BCUT2D eigenvalue weighted by Gasteiger charge is 2.23. The smallest absolute Gasteiger partial charge is 0.262 e. The second-order valence-electron chi connectivity index (χ2n) is 6.52. The fourth-order valence-electron chi connectivity index (χ4n) is 2.91. The van der Waals surface area contributed by atoms with Gasteiger partial charge in [-0.2, -0.15) is 0 Å². The maximum absolute atomic E-state index is 14.0. The van der Waals surface area contributed by atoms with Gasteiger partial charge in [0, 0.05) is 25.3 Å². The van der Waals surface area contributed by atoms with Gasteiger partial charge >= 0.3 is 0 Å². The summed E-state index contributed by atoms with van der Waals surface area (Å²) in [5, 5.41) is 0. The summed E-state index contributed by atoms with van der Waals surface area (Å²) in [6.45, 7) is 0. The van der Waals surface area contributed by atoms with E-state index in [4.69, 9.17) is 4.74 Å². The van der Waals surface area contributed by atoms with Gasteiger partial charge in [-0.15, -0.1) is 0 Å². The summed E-state index contributed by atoms with van der Waals surface area (Å²) in [4.78, 5) is 1.45. The number of rotatable bonds is 6. The van der Waals surface area contributed by atoms with E-state index in [0.717, 1.165) is 11.8 Å². The van der Waals surface area contributed by atoms with Gasteiger partial charge in [-0.25, -0.2) is 17.2 Å². The molecule has 0 atom stereocenters. The average Bonchev–Trinajstić information content (AvgIpc) is 2.69. The van der Waals surface area contributed by atoms with E-state index in [-0.39, 0.29) is 10.5 Å². The fraction of sp³-hybridized carbons (Fsp3) is 0.143. The predicted molar refractivity (Wildman–Crippen MR) is 110 cm³/mol. The molecule has 0 heterocycles. The topological polar surface area (TPSA) is 58.6 Å². The molecule has 3 rings (SSSR count). The highest BCUT2D eigenvalue weighted by atomic mass is 32.2. The lowest BCUT2D eigenvalue weighted by Crippen LogP contribution is -2.15. The maximum Gasteiger partial charge on any atom is 0.262 e. The van der Waals surface area contributed by atoms with Crippen LogP contribution in [0.15, 0.2) is 65.6 Å². The minimum Gasteiger partial charge on any atom is -0.495 e. The van der Waals surface area contributed by atoms with Gasteiger partial charge in [-0.3, -0.25) is 4.72 Å². The molecule has 29 heavy (non-hydrogen) atoms. The van der Waals surface area contributed by atoms with Crippen LogP contribution in [-0.2, 0) is 10.0 Å². The summed E-state index contributed by atoms with van der Waals surface area (Å²) >= 11 is 0. The van der Waals surface area contributed by atoms with Crippen molar-refractivity contribution in [1.29, 1.82) is 0 Å². The molecule has 0 saturated heterocycles. The van der Waals surface area contributed by atoms with Crippen molar-refractivity contribution in [3.05, 3.63) is 72.3 Å². The number of ether oxygens (including phenoxy) is 1. The molecule has 3 aromatic carbocycles. The Bertz CT molecular complexity index is 1130. The van der Waals surface area contributed by atoms with E-state index < -0.39 is 21.7 Å². The first-order valence-corrected chi connectivity index (χ1v) is 10.1. The monoisotopic (exact) mass is 418 g/mol. The van der Waals surface area contributed by atoms with Gasteiger partial charge in [0.1, 0.15) is 5.75 Å². The van der Waals surface area contributed by atoms with E-state index in [1.807, 2.05) is 19.0 Å². The normalized spacial score (nSPS) is 11.2. The molecule has 0 fully saturated rings. The van der Waals surface area contributed by atoms with Crippen molar-refractivity contribution in [2.24, 2.45) is 0 Å². The molecule has 1 N–H and O–H groups in total. The van der Waals surface area contributed by atoms with Crippen molar-refractivity contribution in [1.82, 2.24) is 0 Å². The Labute approximate surface area is 168 Å². The number of hydrogen-bond acceptors (Lipinski definition) is 4. The minimum absolute atomic E-state index is 0.0240. The molecule has 0 unspecified atom stereocenters. The predicted octanol–water partition coefficient (Wildman–Crippen LogP) is 4.51. The van der Waals surface area contributed by atoms with Crippen LogP contribution in [0.25, 0.3) is 11.1 Å². The van der Waals surface area contributed by atoms with Crippen molar-refractivity contribution < 1.29 is 21.9 Å². The summed E-state index contributed by atoms with van der Waals surface area (Å²) in [5.74, 6) is -1.93. The molecule has 0 aliphatic carbocycles. The van der Waals surface area contributed by atoms with Crippen LogP contribution in [0.2, 0.25) is 0 Å². The van der Waals surface area contributed by atoms with Crippen LogP contribution in [-0.4, -0.2) is 29.6 Å². The summed E-state index contributed by atoms with van der Waals surface area (Å²) in [5.41, 5.74) is 1.46. The number of benzene rings is 3. The lowest BCUT2D eigenvalue weighted by molar-refractivity contribution is 0.415. The number of nitrogens with one attached hydrogen (secondary N) is 1. The number of halogens is 2. The van der Waals surface area contributed by atoms with Gasteiger partial charge in [0.05, 0.1) is 17.7 Å². The van der Waals surface area contributed by atoms with Crippen LogP contribution >= 0.6 is 0 Å². The number of para-hydroxylation sites is 1. The van der Waals surface area contributed by atoms with Gasteiger partial charge in [0.25, 0.3) is 10.0 Å². The largest absolute Gasteiger partial charge is 0.495 e. The number of hydrogen-bond donors (Lipinski definition) is 1. The molecule has 0 bridgehead atoms. The molecule has 0 radical (unpaired) electrons. The first kappa shape index (κ1) is 20.6. The Hall–Kier alpha value is -3.13. The van der Waals surface area contributed by atoms with Crippen LogP contribution in [0.5, 0.6) is 5.75 Å². The Morgan fingerprint density at radius 3 is 2.21 bits per heavy atom. The van der Waals surface area contributed by atoms with Gasteiger partial charge < -0.3 is 9.64 Å².